The van der Waals surface area contributed by atoms with Crippen LogP contribution in [-0.2, 0) is 19.4 Å². The summed E-state index contributed by atoms with van der Waals surface area (Å²) in [5, 5.41) is 42.2. The van der Waals surface area contributed by atoms with Crippen LogP contribution in [0.3, 0.4) is 0 Å². The van der Waals surface area contributed by atoms with E-state index in [9.17, 15) is 33.4 Å². The number of rotatable bonds is 10. The molecule has 1 fully saturated rings. The van der Waals surface area contributed by atoms with Crippen molar-refractivity contribution < 1.29 is 93.8 Å². The van der Waals surface area contributed by atoms with Gasteiger partial charge >= 0.3 is 51.4 Å². The van der Waals surface area contributed by atoms with Crippen molar-refractivity contribution in [2.75, 3.05) is 18.6 Å². The first-order valence-electron chi connectivity index (χ1n) is 7.87. The maximum absolute atomic E-state index is 10.6. The summed E-state index contributed by atoms with van der Waals surface area (Å²) in [6.45, 7) is -0.589. The minimum Gasteiger partial charge on any atom is -0.714 e. The summed E-state index contributed by atoms with van der Waals surface area (Å²) < 4.78 is 41.1. The van der Waals surface area contributed by atoms with E-state index in [0.29, 0.717) is 6.42 Å². The third-order valence-corrected chi connectivity index (χ3v) is 5.70. The first-order chi connectivity index (χ1) is 12.2. The van der Waals surface area contributed by atoms with Crippen LogP contribution in [0.5, 0.6) is 0 Å². The van der Waals surface area contributed by atoms with Gasteiger partial charge in [-0.15, -0.1) is 0 Å². The van der Waals surface area contributed by atoms with Crippen molar-refractivity contribution in [2.24, 2.45) is 5.16 Å². The molecule has 5 atom stereocenters. The zero-order chi connectivity index (χ0) is 19.7. The van der Waals surface area contributed by atoms with Gasteiger partial charge in [-0.2, -0.15) is 20.2 Å². The normalized spacial score (nSPS) is 29.3. The molecule has 1 aliphatic heterocycles. The van der Waals surface area contributed by atoms with Gasteiger partial charge < -0.3 is 29.7 Å². The van der Waals surface area contributed by atoms with Gasteiger partial charge in [0.15, 0.2) is 0 Å². The first-order valence-corrected chi connectivity index (χ1v) is 11.5. The molecule has 0 radical (unpaired) electrons. The molecule has 4 N–H and O–H groups in total. The molecule has 27 heavy (non-hydrogen) atoms. The van der Waals surface area contributed by atoms with E-state index in [1.807, 2.05) is 6.26 Å². The molecule has 0 aromatic heterocycles. The van der Waals surface area contributed by atoms with Gasteiger partial charge in [-0.05, 0) is 31.3 Å². The summed E-state index contributed by atoms with van der Waals surface area (Å²) in [5.74, 6) is 0.970. The maximum Gasteiger partial charge on any atom is 1.00 e. The summed E-state index contributed by atoms with van der Waals surface area (Å²) >= 11 is 2.46. The molecule has 0 aromatic rings. The van der Waals surface area contributed by atoms with Gasteiger partial charge in [0.25, 0.3) is 10.4 Å². The molecule has 1 saturated heterocycles. The minimum atomic E-state index is -5.03. The number of oxime groups is 1. The van der Waals surface area contributed by atoms with Crippen LogP contribution >= 0.6 is 23.5 Å². The Morgan fingerprint density at radius 2 is 1.85 bits per heavy atom. The monoisotopic (exact) mass is 473 g/mol. The van der Waals surface area contributed by atoms with Crippen molar-refractivity contribution in [3.63, 3.8) is 0 Å². The predicted octanol–water partition coefficient (Wildman–Crippen LogP) is -3.76. The number of ether oxygens (including phenoxy) is 1. The molecule has 154 valence electrons. The van der Waals surface area contributed by atoms with E-state index in [1.54, 1.807) is 11.8 Å². The Hall–Kier alpha value is 1.52. The number of aliphatic hydroxyl groups excluding tert-OH is 4. The summed E-state index contributed by atoms with van der Waals surface area (Å²) in [5.41, 5.74) is -1.13. The molecule has 10 nitrogen and oxygen atoms in total. The molecular weight excluding hydrogens is 449 g/mol. The SMILES string of the molecule is CSCCCCC/C(=N\OS(=O)(=O)[O-])S[C@@H]1O[C@H](CO)[C@@H](O)[C@H](O)[C@H]1O.[K+]. The standard InChI is InChI=1S/C13H25NO9S3.K/c1-24-6-4-2-3-5-9(14-23-26(19,20)21)25-13-12(18)11(17)10(16)8(7-15)22-13;/h8,10-13,15-18H,2-7H2,1H3,(H,19,20,21);/q;+1/p-1/b14-9+;/t8-,10-,11+,12-,13+;/m1./s1. The third-order valence-electron chi connectivity index (χ3n) is 3.57. The molecule has 1 rings (SSSR count). The number of hydrogen-bond acceptors (Lipinski definition) is 12. The predicted molar refractivity (Wildman–Crippen MR) is 96.4 cm³/mol. The number of nitrogens with zero attached hydrogens (tertiary/aromatic N) is 1. The van der Waals surface area contributed by atoms with Gasteiger partial charge in [0.05, 0.1) is 6.61 Å². The van der Waals surface area contributed by atoms with Crippen LogP contribution in [0.2, 0.25) is 0 Å². The van der Waals surface area contributed by atoms with Gasteiger partial charge in [0.2, 0.25) is 0 Å². The van der Waals surface area contributed by atoms with E-state index in [0.717, 1.165) is 30.4 Å². The van der Waals surface area contributed by atoms with Crippen molar-refractivity contribution in [1.82, 2.24) is 0 Å². The Labute approximate surface area is 209 Å². The minimum absolute atomic E-state index is 0. The van der Waals surface area contributed by atoms with E-state index in [2.05, 4.69) is 9.44 Å². The molecule has 0 spiro atoms. The molecule has 14 heteroatoms. The average molecular weight is 474 g/mol. The van der Waals surface area contributed by atoms with E-state index < -0.39 is 46.9 Å². The Bertz CT molecular complexity index is 549. The summed E-state index contributed by atoms with van der Waals surface area (Å²) in [7, 11) is -5.03. The summed E-state index contributed by atoms with van der Waals surface area (Å²) in [4.78, 5) is 0. The molecule has 0 saturated carbocycles. The summed E-state index contributed by atoms with van der Waals surface area (Å²) in [6.07, 6.45) is -1.02. The van der Waals surface area contributed by atoms with E-state index >= 15 is 0 Å². The fourth-order valence-corrected chi connectivity index (χ4v) is 4.04. The molecule has 0 amide bonds. The second kappa shape index (κ2) is 14.5. The van der Waals surface area contributed by atoms with Crippen LogP contribution in [0.15, 0.2) is 5.16 Å². The fourth-order valence-electron chi connectivity index (χ4n) is 2.21. The van der Waals surface area contributed by atoms with Gasteiger partial charge in [-0.25, -0.2) is 0 Å². The van der Waals surface area contributed by atoms with E-state index in [-0.39, 0.29) is 62.8 Å². The van der Waals surface area contributed by atoms with Gasteiger partial charge in [-0.1, -0.05) is 23.3 Å². The van der Waals surface area contributed by atoms with Crippen molar-refractivity contribution in [1.29, 1.82) is 0 Å². The second-order valence-corrected chi connectivity index (χ2v) is 8.71. The molecule has 1 heterocycles. The Balaban J connectivity index is 0.00000676. The average Bonchev–Trinajstić information content (AvgIpc) is 2.58. The molecule has 0 aliphatic carbocycles. The third kappa shape index (κ3) is 10.9. The zero-order valence-electron chi connectivity index (χ0n) is 15.1. The van der Waals surface area contributed by atoms with Crippen molar-refractivity contribution in [2.45, 2.75) is 55.5 Å². The van der Waals surface area contributed by atoms with Crippen LogP contribution in [0, 0.1) is 0 Å². The van der Waals surface area contributed by atoms with Crippen LogP contribution in [0.1, 0.15) is 25.7 Å². The van der Waals surface area contributed by atoms with Crippen molar-refractivity contribution in [3.05, 3.63) is 0 Å². The summed E-state index contributed by atoms with van der Waals surface area (Å²) in [6, 6.07) is 0. The van der Waals surface area contributed by atoms with Gasteiger partial charge in [0.1, 0.15) is 34.9 Å². The second-order valence-electron chi connectivity index (χ2n) is 5.59. The van der Waals surface area contributed by atoms with Gasteiger partial charge in [0, 0.05) is 0 Å². The Kier molecular flexibility index (Phi) is 15.3. The van der Waals surface area contributed by atoms with Gasteiger partial charge in [-0.3, -0.25) is 4.28 Å². The first kappa shape index (κ1) is 28.5. The smallest absolute Gasteiger partial charge is 0.714 e. The Morgan fingerprint density at radius 1 is 1.19 bits per heavy atom. The number of unbranched alkanes of at least 4 members (excludes halogenated alkanes) is 2. The number of aliphatic hydroxyl groups is 4. The number of thioether (sulfide) groups is 2. The van der Waals surface area contributed by atoms with Crippen LogP contribution in [-0.4, -0.2) is 86.9 Å². The zero-order valence-corrected chi connectivity index (χ0v) is 20.7. The van der Waals surface area contributed by atoms with Crippen LogP contribution in [0.25, 0.3) is 0 Å². The topological polar surface area (TPSA) is 169 Å². The van der Waals surface area contributed by atoms with Crippen molar-refractivity contribution in [3.8, 4) is 0 Å². The maximum atomic E-state index is 10.6. The number of hydrogen-bond donors (Lipinski definition) is 4. The molecule has 0 aromatic carbocycles. The fraction of sp³-hybridized carbons (Fsp3) is 0.923. The van der Waals surface area contributed by atoms with E-state index in [1.165, 1.54) is 0 Å². The Morgan fingerprint density at radius 3 is 2.41 bits per heavy atom. The van der Waals surface area contributed by atoms with Crippen molar-refractivity contribution >= 4 is 39.0 Å². The largest absolute Gasteiger partial charge is 1.00 e. The molecule has 1 aliphatic rings. The van der Waals surface area contributed by atoms with E-state index in [4.69, 9.17) is 4.74 Å². The quantitative estimate of drug-likeness (QED) is 0.0467. The van der Waals surface area contributed by atoms with Crippen LogP contribution in [0.4, 0.5) is 0 Å². The molecule has 0 unspecified atom stereocenters. The van der Waals surface area contributed by atoms with Crippen LogP contribution < -0.4 is 51.4 Å². The molecule has 0 bridgehead atoms. The molecular formula is C13H24KNO9S3.